The average molecular weight is 1080 g/mol. The summed E-state index contributed by atoms with van der Waals surface area (Å²) in [5.74, 6) is -8.75. The number of carbonyl (C=O) groups excluding carboxylic acids is 6. The molecule has 3 heterocycles. The fourth-order valence-electron chi connectivity index (χ4n) is 11.2. The number of allylic oxidation sites excluding steroid dienone is 6. The number of fused-ring (bicyclic) bond motifs is 3. The minimum atomic E-state index is -2.45. The SMILES string of the molecule is CCN(CC)CCC(=O)OC1/C(C)=C/C(C)C(=O)CC(C(C)CC2CCC(O)C(OC)C2)OC(=O)C2CCCCN2C(=O)C(=O)[C@@]2(O)OC(CCC2C)CC(OC)\C(C)=C/C=C/C=C/C(C)CC(C)C(=O)C1OC.Cl. The predicted octanol–water partition coefficient (Wildman–Crippen LogP) is 7.89. The zero-order valence-corrected chi connectivity index (χ0v) is 48.0. The Labute approximate surface area is 454 Å². The van der Waals surface area contributed by atoms with Crippen LogP contribution < -0.4 is 0 Å². The quantitative estimate of drug-likeness (QED) is 0.108. The maximum Gasteiger partial charge on any atom is 0.329 e. The van der Waals surface area contributed by atoms with E-state index in [0.29, 0.717) is 76.3 Å². The molecule has 0 aromatic carbocycles. The van der Waals surface area contributed by atoms with Crippen molar-refractivity contribution < 1.29 is 67.4 Å². The number of rotatable bonds is 12. The van der Waals surface area contributed by atoms with Crippen LogP contribution in [0.4, 0.5) is 0 Å². The van der Waals surface area contributed by atoms with Crippen molar-refractivity contribution in [2.45, 2.75) is 200 Å². The predicted molar refractivity (Wildman–Crippen MR) is 289 cm³/mol. The van der Waals surface area contributed by atoms with Gasteiger partial charge in [-0.2, -0.15) is 0 Å². The normalized spacial score (nSPS) is 36.4. The first-order valence-corrected chi connectivity index (χ1v) is 27.5. The van der Waals surface area contributed by atoms with E-state index in [-0.39, 0.29) is 73.6 Å². The number of amides is 1. The lowest BCUT2D eigenvalue weighted by atomic mass is 9.78. The molecular weight excluding hydrogens is 984 g/mol. The van der Waals surface area contributed by atoms with Crippen molar-refractivity contribution in [2.24, 2.45) is 35.5 Å². The first kappa shape index (κ1) is 65.7. The monoisotopic (exact) mass is 1080 g/mol. The van der Waals surface area contributed by atoms with Gasteiger partial charge in [0.25, 0.3) is 11.7 Å². The highest BCUT2D eigenvalue weighted by Gasteiger charge is 2.53. The third kappa shape index (κ3) is 18.5. The number of nitrogens with zero attached hydrogens (tertiary/aromatic N) is 2. The second kappa shape index (κ2) is 31.7. The lowest BCUT2D eigenvalue weighted by Gasteiger charge is -2.42. The van der Waals surface area contributed by atoms with Gasteiger partial charge in [0.05, 0.1) is 30.8 Å². The van der Waals surface area contributed by atoms with Crippen molar-refractivity contribution in [1.29, 1.82) is 0 Å². The molecule has 0 aromatic rings. The molecule has 4 rings (SSSR count). The molecule has 4 aliphatic rings. The summed E-state index contributed by atoms with van der Waals surface area (Å²) in [5.41, 5.74) is 1.32. The van der Waals surface area contributed by atoms with E-state index in [9.17, 15) is 39.0 Å². The van der Waals surface area contributed by atoms with Crippen LogP contribution in [0.2, 0.25) is 0 Å². The molecular formula is C58H93ClN2O14. The summed E-state index contributed by atoms with van der Waals surface area (Å²) in [6.07, 6.45) is 11.2. The van der Waals surface area contributed by atoms with E-state index in [1.165, 1.54) is 12.0 Å². The standard InChI is InChI=1S/C58H92N2O14.ClH/c1-13-59(14-2)29-27-51(63)73-53-41(8)31-38(5)47(62)35-49(39(6)32-43-24-26-46(61)50(33-43)70-11)72-57(67)45-22-18-19-28-60(45)56(66)55(65)58(68)42(9)23-25-44(74-58)34-48(69-10)37(4)21-17-15-16-20-36(3)30-40(7)52(64)54(53)71-12;/h15-17,20-21,31,36,38-40,42-46,48-50,53-54,61,68H,13-14,18-19,22-30,32-35H2,1-12H3;1H/b17-15+,20-16+,37-21-,41-31+;/t36?,38?,39?,40?,42?,43?,44?,45?,46?,48?,49?,50?,53?,54?,58-;/m0./s1. The lowest BCUT2D eigenvalue weighted by molar-refractivity contribution is -0.265. The summed E-state index contributed by atoms with van der Waals surface area (Å²) in [6.45, 7) is 18.8. The number of halogens is 1. The minimum absolute atomic E-state index is 0. The molecule has 1 amide bonds. The summed E-state index contributed by atoms with van der Waals surface area (Å²) < 4.78 is 36.1. The third-order valence-corrected chi connectivity index (χ3v) is 16.2. The van der Waals surface area contributed by atoms with Crippen LogP contribution in [0.3, 0.4) is 0 Å². The molecule has 15 atom stereocenters. The molecule has 2 saturated heterocycles. The van der Waals surface area contributed by atoms with Gasteiger partial charge in [0.2, 0.25) is 5.79 Å². The Morgan fingerprint density at radius 2 is 1.57 bits per heavy atom. The van der Waals surface area contributed by atoms with Crippen molar-refractivity contribution in [3.63, 3.8) is 0 Å². The Kier molecular flexibility index (Phi) is 27.8. The van der Waals surface area contributed by atoms with E-state index in [4.69, 9.17) is 28.4 Å². The summed E-state index contributed by atoms with van der Waals surface area (Å²) in [5, 5.41) is 22.6. The van der Waals surface area contributed by atoms with Crippen LogP contribution in [0.5, 0.6) is 0 Å². The number of hydrogen-bond donors (Lipinski definition) is 2. The summed E-state index contributed by atoms with van der Waals surface area (Å²) in [6, 6.07) is -1.17. The zero-order chi connectivity index (χ0) is 54.9. The molecule has 2 bridgehead atoms. The van der Waals surface area contributed by atoms with E-state index in [2.05, 4.69) is 4.90 Å². The number of ketones is 3. The number of ether oxygens (including phenoxy) is 6. The number of carbonyl (C=O) groups is 6. The topological polar surface area (TPSA) is 205 Å². The van der Waals surface area contributed by atoms with Crippen LogP contribution >= 0.6 is 12.4 Å². The van der Waals surface area contributed by atoms with E-state index in [0.717, 1.165) is 18.7 Å². The van der Waals surface area contributed by atoms with Crippen molar-refractivity contribution in [3.8, 4) is 0 Å². The fourth-order valence-corrected chi connectivity index (χ4v) is 11.2. The number of cyclic esters (lactones) is 1. The van der Waals surface area contributed by atoms with Gasteiger partial charge in [0.1, 0.15) is 17.9 Å². The molecule has 0 spiro atoms. The van der Waals surface area contributed by atoms with Crippen molar-refractivity contribution in [1.82, 2.24) is 9.80 Å². The number of esters is 2. The first-order valence-electron chi connectivity index (χ1n) is 27.5. The van der Waals surface area contributed by atoms with Gasteiger partial charge in [-0.05, 0) is 120 Å². The number of piperidine rings is 1. The van der Waals surface area contributed by atoms with Gasteiger partial charge >= 0.3 is 11.9 Å². The lowest BCUT2D eigenvalue weighted by Crippen LogP contribution is -2.61. The molecule has 0 radical (unpaired) electrons. The Morgan fingerprint density at radius 1 is 0.867 bits per heavy atom. The van der Waals surface area contributed by atoms with Gasteiger partial charge in [0.15, 0.2) is 18.0 Å². The van der Waals surface area contributed by atoms with E-state index in [1.54, 1.807) is 41.1 Å². The summed E-state index contributed by atoms with van der Waals surface area (Å²) in [7, 11) is 4.56. The molecule has 17 heteroatoms. The minimum Gasteiger partial charge on any atom is -0.460 e. The Morgan fingerprint density at radius 3 is 2.23 bits per heavy atom. The molecule has 3 aliphatic heterocycles. The molecule has 14 unspecified atom stereocenters. The number of aliphatic hydroxyl groups excluding tert-OH is 1. The number of methoxy groups -OCH3 is 3. The van der Waals surface area contributed by atoms with Gasteiger partial charge < -0.3 is 48.4 Å². The van der Waals surface area contributed by atoms with Crippen LogP contribution in [-0.4, -0.2) is 157 Å². The second-order valence-corrected chi connectivity index (χ2v) is 21.8. The second-order valence-electron chi connectivity index (χ2n) is 21.8. The Balaban J connectivity index is 0.0000148. The molecule has 426 valence electrons. The van der Waals surface area contributed by atoms with Crippen molar-refractivity contribution in [3.05, 3.63) is 47.6 Å². The van der Waals surface area contributed by atoms with Crippen molar-refractivity contribution in [2.75, 3.05) is 47.5 Å². The van der Waals surface area contributed by atoms with Crippen LogP contribution in [0.1, 0.15) is 146 Å². The Bertz CT molecular complexity index is 2000. The van der Waals surface area contributed by atoms with Gasteiger partial charge in [-0.3, -0.25) is 24.0 Å². The van der Waals surface area contributed by atoms with E-state index < -0.39 is 89.8 Å². The first-order chi connectivity index (χ1) is 35.1. The van der Waals surface area contributed by atoms with E-state index in [1.807, 2.05) is 71.9 Å². The van der Waals surface area contributed by atoms with Crippen LogP contribution in [0, 0.1) is 35.5 Å². The Hall–Kier alpha value is -3.61. The van der Waals surface area contributed by atoms with Gasteiger partial charge in [-0.1, -0.05) is 84.9 Å². The highest BCUT2D eigenvalue weighted by molar-refractivity contribution is 6.39. The largest absolute Gasteiger partial charge is 0.460 e. The maximum atomic E-state index is 14.6. The number of hydrogen-bond acceptors (Lipinski definition) is 15. The summed E-state index contributed by atoms with van der Waals surface area (Å²) >= 11 is 0. The van der Waals surface area contributed by atoms with Gasteiger partial charge in [0, 0.05) is 65.0 Å². The average Bonchev–Trinajstić information content (AvgIpc) is 3.38. The molecule has 75 heavy (non-hydrogen) atoms. The fraction of sp³-hybridized carbons (Fsp3) is 0.759. The third-order valence-electron chi connectivity index (χ3n) is 16.2. The molecule has 16 nitrogen and oxygen atoms in total. The van der Waals surface area contributed by atoms with Crippen LogP contribution in [-0.2, 0) is 57.2 Å². The number of Topliss-reactive ketones (excluding diaryl/α,β-unsaturated/α-hetero) is 3. The molecule has 0 aromatic heterocycles. The smallest absolute Gasteiger partial charge is 0.329 e. The van der Waals surface area contributed by atoms with Crippen LogP contribution in [0.25, 0.3) is 0 Å². The maximum absolute atomic E-state index is 14.6. The molecule has 1 saturated carbocycles. The van der Waals surface area contributed by atoms with Crippen LogP contribution in [0.15, 0.2) is 47.6 Å². The number of aliphatic hydroxyl groups is 2. The van der Waals surface area contributed by atoms with E-state index >= 15 is 0 Å². The zero-order valence-electron chi connectivity index (χ0n) is 47.2. The van der Waals surface area contributed by atoms with Gasteiger partial charge in [-0.25, -0.2) is 4.79 Å². The molecule has 1 aliphatic carbocycles. The van der Waals surface area contributed by atoms with Crippen molar-refractivity contribution >= 4 is 47.6 Å². The highest BCUT2D eigenvalue weighted by atomic mass is 35.5. The highest BCUT2D eigenvalue weighted by Crippen LogP contribution is 2.38. The molecule has 3 fully saturated rings. The summed E-state index contributed by atoms with van der Waals surface area (Å²) in [4.78, 5) is 89.1. The van der Waals surface area contributed by atoms with Gasteiger partial charge in [-0.15, -0.1) is 12.4 Å². The molecule has 2 N–H and O–H groups in total.